The normalized spacial score (nSPS) is 14.5. The molecule has 2 N–H and O–H groups in total. The van der Waals surface area contributed by atoms with Gasteiger partial charge in [-0.15, -0.1) is 0 Å². The molecule has 150 valence electrons. The van der Waals surface area contributed by atoms with E-state index < -0.39 is 11.8 Å². The standard InChI is InChI=1S/C21H26FN3O3/c1-14-17(10-11-28-14)21(27)23-13-20(26)24-15-8-9-19(18(22)12-15)25(2)16-6-4-3-5-7-16/h8-12,16H,3-7,13H2,1-2H3,(H,23,27)(H,24,26). The maximum absolute atomic E-state index is 14.6. The van der Waals surface area contributed by atoms with Gasteiger partial charge in [0.05, 0.1) is 24.1 Å². The molecule has 1 heterocycles. The number of carbonyl (C=O) groups is 2. The number of aryl methyl sites for hydroxylation is 1. The van der Waals surface area contributed by atoms with Crippen LogP contribution < -0.4 is 15.5 Å². The van der Waals surface area contributed by atoms with Crippen LogP contribution in [0, 0.1) is 12.7 Å². The molecule has 0 spiro atoms. The first-order valence-electron chi connectivity index (χ1n) is 9.60. The third kappa shape index (κ3) is 4.71. The van der Waals surface area contributed by atoms with Gasteiger partial charge in [0.1, 0.15) is 11.6 Å². The van der Waals surface area contributed by atoms with Gasteiger partial charge >= 0.3 is 0 Å². The quantitative estimate of drug-likeness (QED) is 0.789. The minimum absolute atomic E-state index is 0.213. The number of nitrogens with zero attached hydrogens (tertiary/aromatic N) is 1. The molecule has 7 heteroatoms. The Hall–Kier alpha value is -2.83. The Morgan fingerprint density at radius 1 is 1.21 bits per heavy atom. The number of benzene rings is 1. The molecule has 0 radical (unpaired) electrons. The van der Waals surface area contributed by atoms with Gasteiger partial charge in [-0.05, 0) is 44.0 Å². The van der Waals surface area contributed by atoms with Crippen LogP contribution in [0.2, 0.25) is 0 Å². The summed E-state index contributed by atoms with van der Waals surface area (Å²) in [6.45, 7) is 1.46. The fourth-order valence-corrected chi connectivity index (χ4v) is 3.62. The van der Waals surface area contributed by atoms with Crippen molar-refractivity contribution in [2.45, 2.75) is 45.1 Å². The summed E-state index contributed by atoms with van der Waals surface area (Å²) in [4.78, 5) is 26.1. The minimum Gasteiger partial charge on any atom is -0.469 e. The van der Waals surface area contributed by atoms with E-state index in [1.807, 2.05) is 11.9 Å². The van der Waals surface area contributed by atoms with E-state index in [0.717, 1.165) is 12.8 Å². The zero-order valence-electron chi connectivity index (χ0n) is 16.3. The molecule has 0 atom stereocenters. The molecule has 1 saturated carbocycles. The van der Waals surface area contributed by atoms with Crippen LogP contribution in [0.15, 0.2) is 34.9 Å². The zero-order chi connectivity index (χ0) is 20.1. The lowest BCUT2D eigenvalue weighted by atomic mass is 9.94. The van der Waals surface area contributed by atoms with E-state index in [9.17, 15) is 14.0 Å². The summed E-state index contributed by atoms with van der Waals surface area (Å²) in [5, 5.41) is 5.13. The molecule has 3 rings (SSSR count). The fourth-order valence-electron chi connectivity index (χ4n) is 3.62. The fraction of sp³-hybridized carbons (Fsp3) is 0.429. The highest BCUT2D eigenvalue weighted by Gasteiger charge is 2.21. The molecular formula is C21H26FN3O3. The maximum atomic E-state index is 14.6. The molecule has 2 aromatic rings. The summed E-state index contributed by atoms with van der Waals surface area (Å²) < 4.78 is 19.6. The Kier molecular flexibility index (Phi) is 6.34. The summed E-state index contributed by atoms with van der Waals surface area (Å²) in [5.74, 6) is -0.707. The van der Waals surface area contributed by atoms with Crippen LogP contribution in [0.25, 0.3) is 0 Å². The molecule has 6 nitrogen and oxygen atoms in total. The van der Waals surface area contributed by atoms with E-state index in [1.54, 1.807) is 25.1 Å². The number of rotatable bonds is 6. The van der Waals surface area contributed by atoms with Crippen LogP contribution in [0.5, 0.6) is 0 Å². The van der Waals surface area contributed by atoms with Crippen LogP contribution in [0.3, 0.4) is 0 Å². The minimum atomic E-state index is -0.428. The Labute approximate surface area is 164 Å². The van der Waals surface area contributed by atoms with Crippen molar-refractivity contribution in [3.63, 3.8) is 0 Å². The Balaban J connectivity index is 1.55. The third-order valence-electron chi connectivity index (χ3n) is 5.25. The van der Waals surface area contributed by atoms with Crippen LogP contribution in [0.4, 0.5) is 15.8 Å². The van der Waals surface area contributed by atoms with E-state index in [-0.39, 0.29) is 12.4 Å². The van der Waals surface area contributed by atoms with E-state index in [2.05, 4.69) is 10.6 Å². The van der Waals surface area contributed by atoms with Crippen molar-refractivity contribution in [1.29, 1.82) is 0 Å². The van der Waals surface area contributed by atoms with Gasteiger partial charge in [0, 0.05) is 18.8 Å². The molecule has 1 aliphatic rings. The van der Waals surface area contributed by atoms with Gasteiger partial charge in [-0.2, -0.15) is 0 Å². The summed E-state index contributed by atoms with van der Waals surface area (Å²) in [5.41, 5.74) is 1.28. The predicted octanol–water partition coefficient (Wildman–Crippen LogP) is 3.86. The first-order chi connectivity index (χ1) is 13.5. The molecule has 1 aliphatic carbocycles. The SMILES string of the molecule is Cc1occc1C(=O)NCC(=O)Nc1ccc(N(C)C2CCCCC2)c(F)c1. The average Bonchev–Trinajstić information content (AvgIpc) is 3.12. The third-order valence-corrected chi connectivity index (χ3v) is 5.25. The molecule has 0 unspecified atom stereocenters. The highest BCUT2D eigenvalue weighted by atomic mass is 19.1. The Morgan fingerprint density at radius 2 is 1.96 bits per heavy atom. The van der Waals surface area contributed by atoms with Gasteiger partial charge in [0.15, 0.2) is 0 Å². The van der Waals surface area contributed by atoms with Crippen molar-refractivity contribution >= 4 is 23.2 Å². The van der Waals surface area contributed by atoms with Gasteiger partial charge in [-0.25, -0.2) is 4.39 Å². The molecular weight excluding hydrogens is 361 g/mol. The number of hydrogen-bond acceptors (Lipinski definition) is 4. The number of furan rings is 1. The van der Waals surface area contributed by atoms with Crippen molar-refractivity contribution in [3.8, 4) is 0 Å². The molecule has 1 aromatic carbocycles. The molecule has 1 fully saturated rings. The Morgan fingerprint density at radius 3 is 2.61 bits per heavy atom. The summed E-state index contributed by atoms with van der Waals surface area (Å²) >= 11 is 0. The van der Waals surface area contributed by atoms with Gasteiger partial charge < -0.3 is 20.0 Å². The second-order valence-electron chi connectivity index (χ2n) is 7.19. The summed E-state index contributed by atoms with van der Waals surface area (Å²) in [6, 6.07) is 6.57. The largest absolute Gasteiger partial charge is 0.469 e. The monoisotopic (exact) mass is 387 g/mol. The lowest BCUT2D eigenvalue weighted by molar-refractivity contribution is -0.115. The molecule has 0 saturated heterocycles. The smallest absolute Gasteiger partial charge is 0.255 e. The molecule has 1 aromatic heterocycles. The Bertz CT molecular complexity index is 843. The first kappa shape index (κ1) is 19.9. The zero-order valence-corrected chi connectivity index (χ0v) is 16.3. The van der Waals surface area contributed by atoms with Gasteiger partial charge in [0.2, 0.25) is 5.91 Å². The topological polar surface area (TPSA) is 74.6 Å². The van der Waals surface area contributed by atoms with E-state index >= 15 is 0 Å². The van der Waals surface area contributed by atoms with E-state index in [4.69, 9.17) is 4.42 Å². The highest BCUT2D eigenvalue weighted by molar-refractivity contribution is 5.99. The lowest BCUT2D eigenvalue weighted by Gasteiger charge is -2.33. The highest BCUT2D eigenvalue weighted by Crippen LogP contribution is 2.29. The van der Waals surface area contributed by atoms with Crippen LogP contribution in [0.1, 0.15) is 48.2 Å². The number of nitrogens with one attached hydrogen (secondary N) is 2. The molecule has 0 bridgehead atoms. The maximum Gasteiger partial charge on any atom is 0.255 e. The predicted molar refractivity (Wildman–Crippen MR) is 106 cm³/mol. The van der Waals surface area contributed by atoms with Crippen molar-refractivity contribution in [3.05, 3.63) is 47.7 Å². The summed E-state index contributed by atoms with van der Waals surface area (Å²) in [6.07, 6.45) is 7.16. The van der Waals surface area contributed by atoms with Crippen molar-refractivity contribution in [2.24, 2.45) is 0 Å². The number of anilines is 2. The second-order valence-corrected chi connectivity index (χ2v) is 7.19. The molecule has 28 heavy (non-hydrogen) atoms. The van der Waals surface area contributed by atoms with Crippen LogP contribution >= 0.6 is 0 Å². The molecule has 2 amide bonds. The van der Waals surface area contributed by atoms with E-state index in [1.165, 1.54) is 31.6 Å². The first-order valence-corrected chi connectivity index (χ1v) is 9.60. The second kappa shape index (κ2) is 8.91. The summed E-state index contributed by atoms with van der Waals surface area (Å²) in [7, 11) is 1.92. The van der Waals surface area contributed by atoms with Crippen molar-refractivity contribution in [2.75, 3.05) is 23.8 Å². The number of carbonyl (C=O) groups excluding carboxylic acids is 2. The van der Waals surface area contributed by atoms with Crippen molar-refractivity contribution in [1.82, 2.24) is 5.32 Å². The van der Waals surface area contributed by atoms with Crippen molar-refractivity contribution < 1.29 is 18.4 Å². The van der Waals surface area contributed by atoms with Gasteiger partial charge in [-0.3, -0.25) is 9.59 Å². The number of halogens is 1. The van der Waals surface area contributed by atoms with E-state index in [0.29, 0.717) is 28.7 Å². The lowest BCUT2D eigenvalue weighted by Crippen LogP contribution is -2.34. The number of amides is 2. The van der Waals surface area contributed by atoms with Gasteiger partial charge in [0.25, 0.3) is 5.91 Å². The number of hydrogen-bond donors (Lipinski definition) is 2. The molecule has 0 aliphatic heterocycles. The van der Waals surface area contributed by atoms with Crippen LogP contribution in [-0.4, -0.2) is 31.4 Å². The van der Waals surface area contributed by atoms with Gasteiger partial charge in [-0.1, -0.05) is 19.3 Å². The average molecular weight is 387 g/mol. The van der Waals surface area contributed by atoms with Crippen LogP contribution in [-0.2, 0) is 4.79 Å².